The van der Waals surface area contributed by atoms with Crippen molar-refractivity contribution in [3.8, 4) is 5.75 Å². The van der Waals surface area contributed by atoms with Gasteiger partial charge in [-0.25, -0.2) is 0 Å². The number of rotatable bonds is 4. The number of carbonyl (C=O) groups is 1. The van der Waals surface area contributed by atoms with Crippen LogP contribution in [-0.4, -0.2) is 29.8 Å². The lowest BCUT2D eigenvalue weighted by Gasteiger charge is -2.41. The quantitative estimate of drug-likeness (QED) is 0.830. The second-order valence-electron chi connectivity index (χ2n) is 4.73. The second-order valence-corrected chi connectivity index (χ2v) is 4.73. The van der Waals surface area contributed by atoms with Gasteiger partial charge in [-0.2, -0.15) is 0 Å². The number of aliphatic carboxylic acids is 1. The molecule has 1 aliphatic rings. The van der Waals surface area contributed by atoms with E-state index in [1.54, 1.807) is 0 Å². The lowest BCUT2D eigenvalue weighted by molar-refractivity contribution is -0.143. The van der Waals surface area contributed by atoms with Crippen molar-refractivity contribution in [3.63, 3.8) is 0 Å². The van der Waals surface area contributed by atoms with Crippen LogP contribution in [0.2, 0.25) is 0 Å². The van der Waals surface area contributed by atoms with Crippen molar-refractivity contribution in [1.82, 2.24) is 5.32 Å². The van der Waals surface area contributed by atoms with Crippen LogP contribution in [0.4, 0.5) is 0 Å². The fourth-order valence-corrected chi connectivity index (χ4v) is 1.96. The zero-order chi connectivity index (χ0) is 12.5. The summed E-state index contributed by atoms with van der Waals surface area (Å²) in [6, 6.07) is 5.97. The molecule has 2 rings (SSSR count). The molecule has 0 unspecified atom stereocenters. The Morgan fingerprint density at radius 3 is 2.71 bits per heavy atom. The highest BCUT2D eigenvalue weighted by Crippen LogP contribution is 2.28. The van der Waals surface area contributed by atoms with Gasteiger partial charge in [0.25, 0.3) is 0 Å². The average Bonchev–Trinajstić information content (AvgIpc) is 2.19. The monoisotopic (exact) mass is 235 g/mol. The maximum Gasteiger partial charge on any atom is 0.307 e. The summed E-state index contributed by atoms with van der Waals surface area (Å²) in [6.45, 7) is 5.14. The predicted octanol–water partition coefficient (Wildman–Crippen LogP) is 1.50. The molecule has 1 heterocycles. The molecule has 0 saturated carbocycles. The van der Waals surface area contributed by atoms with E-state index in [4.69, 9.17) is 9.84 Å². The third kappa shape index (κ3) is 2.58. The number of benzene rings is 1. The van der Waals surface area contributed by atoms with Gasteiger partial charge in [0.15, 0.2) is 0 Å². The van der Waals surface area contributed by atoms with E-state index in [2.05, 4.69) is 5.32 Å². The Bertz CT molecular complexity index is 438. The van der Waals surface area contributed by atoms with Crippen LogP contribution in [-0.2, 0) is 4.79 Å². The van der Waals surface area contributed by atoms with Gasteiger partial charge in [0.05, 0.1) is 6.42 Å². The number of carboxylic acid groups (broad SMARTS) is 1. The maximum absolute atomic E-state index is 10.8. The summed E-state index contributed by atoms with van der Waals surface area (Å²) in [4.78, 5) is 10.8. The lowest BCUT2D eigenvalue weighted by atomic mass is 9.92. The Morgan fingerprint density at radius 1 is 1.47 bits per heavy atom. The summed E-state index contributed by atoms with van der Waals surface area (Å²) >= 11 is 0. The molecular weight excluding hydrogens is 218 g/mol. The molecule has 1 aromatic rings. The molecule has 4 nitrogen and oxygen atoms in total. The minimum absolute atomic E-state index is 0.0351. The Kier molecular flexibility index (Phi) is 3.07. The van der Waals surface area contributed by atoms with Crippen molar-refractivity contribution in [3.05, 3.63) is 29.3 Å². The molecule has 0 bridgehead atoms. The number of nitrogens with one attached hydrogen (secondary N) is 1. The van der Waals surface area contributed by atoms with Gasteiger partial charge in [-0.05, 0) is 31.0 Å². The van der Waals surface area contributed by atoms with Gasteiger partial charge in [0.2, 0.25) is 0 Å². The van der Waals surface area contributed by atoms with Crippen molar-refractivity contribution in [2.45, 2.75) is 25.9 Å². The first-order chi connectivity index (χ1) is 8.01. The number of hydrogen-bond acceptors (Lipinski definition) is 3. The van der Waals surface area contributed by atoms with E-state index < -0.39 is 11.6 Å². The third-order valence-corrected chi connectivity index (χ3v) is 3.04. The zero-order valence-corrected chi connectivity index (χ0v) is 10.1. The van der Waals surface area contributed by atoms with Gasteiger partial charge in [0, 0.05) is 13.1 Å². The van der Waals surface area contributed by atoms with Gasteiger partial charge < -0.3 is 15.2 Å². The molecule has 0 spiro atoms. The summed E-state index contributed by atoms with van der Waals surface area (Å²) in [5.41, 5.74) is 1.57. The summed E-state index contributed by atoms with van der Waals surface area (Å²) < 4.78 is 5.92. The highest BCUT2D eigenvalue weighted by molar-refractivity contribution is 5.68. The Labute approximate surface area is 101 Å². The molecule has 1 saturated heterocycles. The number of aryl methyl sites for hydroxylation is 2. The molecule has 0 amide bonds. The molecule has 2 N–H and O–H groups in total. The van der Waals surface area contributed by atoms with Crippen molar-refractivity contribution in [1.29, 1.82) is 0 Å². The predicted molar refractivity (Wildman–Crippen MR) is 64.4 cm³/mol. The van der Waals surface area contributed by atoms with Crippen LogP contribution in [0.3, 0.4) is 0 Å². The van der Waals surface area contributed by atoms with Crippen LogP contribution in [0, 0.1) is 13.8 Å². The van der Waals surface area contributed by atoms with E-state index in [1.807, 2.05) is 32.0 Å². The smallest absolute Gasteiger partial charge is 0.307 e. The summed E-state index contributed by atoms with van der Waals surface area (Å²) in [6.07, 6.45) is 0.0351. The van der Waals surface area contributed by atoms with Gasteiger partial charge in [0.1, 0.15) is 11.4 Å². The SMILES string of the molecule is Cc1ccc(C)c(OC2(CC(=O)O)CNC2)c1. The number of hydrogen-bond donors (Lipinski definition) is 2. The van der Waals surface area contributed by atoms with Gasteiger partial charge >= 0.3 is 5.97 Å². The van der Waals surface area contributed by atoms with E-state index in [1.165, 1.54) is 0 Å². The van der Waals surface area contributed by atoms with E-state index in [-0.39, 0.29) is 6.42 Å². The van der Waals surface area contributed by atoms with Crippen molar-refractivity contribution < 1.29 is 14.6 Å². The molecule has 1 aliphatic heterocycles. The standard InChI is InChI=1S/C13H17NO3/c1-9-3-4-10(2)11(5-9)17-13(6-12(15)16)7-14-8-13/h3-5,14H,6-8H2,1-2H3,(H,15,16). The average molecular weight is 235 g/mol. The summed E-state index contributed by atoms with van der Waals surface area (Å²) in [5, 5.41) is 12.0. The molecule has 0 radical (unpaired) electrons. The van der Waals surface area contributed by atoms with Gasteiger partial charge in [-0.15, -0.1) is 0 Å². The van der Waals surface area contributed by atoms with Crippen molar-refractivity contribution >= 4 is 5.97 Å². The minimum atomic E-state index is -0.822. The molecule has 1 fully saturated rings. The first-order valence-corrected chi connectivity index (χ1v) is 5.70. The van der Waals surface area contributed by atoms with Crippen LogP contribution in [0.15, 0.2) is 18.2 Å². The second kappa shape index (κ2) is 4.37. The van der Waals surface area contributed by atoms with E-state index in [0.29, 0.717) is 13.1 Å². The van der Waals surface area contributed by atoms with E-state index in [9.17, 15) is 4.79 Å². The van der Waals surface area contributed by atoms with Crippen LogP contribution >= 0.6 is 0 Å². The molecule has 0 aromatic heterocycles. The highest BCUT2D eigenvalue weighted by Gasteiger charge is 2.41. The fourth-order valence-electron chi connectivity index (χ4n) is 1.96. The van der Waals surface area contributed by atoms with Crippen LogP contribution < -0.4 is 10.1 Å². The van der Waals surface area contributed by atoms with E-state index in [0.717, 1.165) is 16.9 Å². The van der Waals surface area contributed by atoms with Crippen LogP contribution in [0.5, 0.6) is 5.75 Å². The molecule has 4 heteroatoms. The molecular formula is C13H17NO3. The van der Waals surface area contributed by atoms with Gasteiger partial charge in [-0.3, -0.25) is 4.79 Å². The van der Waals surface area contributed by atoms with Crippen molar-refractivity contribution in [2.75, 3.05) is 13.1 Å². The molecule has 0 aliphatic carbocycles. The first-order valence-electron chi connectivity index (χ1n) is 5.70. The Morgan fingerprint density at radius 2 is 2.18 bits per heavy atom. The molecule has 0 atom stereocenters. The number of carboxylic acids is 1. The Hall–Kier alpha value is -1.55. The van der Waals surface area contributed by atoms with Crippen molar-refractivity contribution in [2.24, 2.45) is 0 Å². The van der Waals surface area contributed by atoms with Crippen LogP contribution in [0.1, 0.15) is 17.5 Å². The third-order valence-electron chi connectivity index (χ3n) is 3.04. The normalized spacial score (nSPS) is 17.3. The molecule has 92 valence electrons. The zero-order valence-electron chi connectivity index (χ0n) is 10.1. The van der Waals surface area contributed by atoms with Gasteiger partial charge in [-0.1, -0.05) is 12.1 Å². The number of ether oxygens (including phenoxy) is 1. The van der Waals surface area contributed by atoms with Crippen LogP contribution in [0.25, 0.3) is 0 Å². The van der Waals surface area contributed by atoms with E-state index >= 15 is 0 Å². The summed E-state index contributed by atoms with van der Waals surface area (Å²) in [5.74, 6) is -0.0374. The topological polar surface area (TPSA) is 58.6 Å². The maximum atomic E-state index is 10.8. The highest BCUT2D eigenvalue weighted by atomic mass is 16.5. The lowest BCUT2D eigenvalue weighted by Crippen LogP contribution is -2.64. The fraction of sp³-hybridized carbons (Fsp3) is 0.462. The molecule has 1 aromatic carbocycles. The molecule has 17 heavy (non-hydrogen) atoms. The largest absolute Gasteiger partial charge is 0.484 e. The summed E-state index contributed by atoms with van der Waals surface area (Å²) in [7, 11) is 0. The Balaban J connectivity index is 2.18. The minimum Gasteiger partial charge on any atom is -0.484 e. The first kappa shape index (κ1) is 11.9.